The highest BCUT2D eigenvalue weighted by atomic mass is 35.5. The molecule has 27 heavy (non-hydrogen) atoms. The van der Waals surface area contributed by atoms with Gasteiger partial charge in [0.15, 0.2) is 0 Å². The highest BCUT2D eigenvalue weighted by molar-refractivity contribution is 6.30. The molecule has 1 aromatic carbocycles. The number of hydrogen-bond acceptors (Lipinski definition) is 4. The Morgan fingerprint density at radius 2 is 2.00 bits per heavy atom. The van der Waals surface area contributed by atoms with Gasteiger partial charge in [0.25, 0.3) is 0 Å². The summed E-state index contributed by atoms with van der Waals surface area (Å²) in [4.78, 5) is 19.4. The van der Waals surface area contributed by atoms with Gasteiger partial charge in [-0.3, -0.25) is 4.79 Å². The topological polar surface area (TPSA) is 51.7 Å². The van der Waals surface area contributed by atoms with Gasteiger partial charge in [-0.2, -0.15) is 0 Å². The second-order valence-electron chi connectivity index (χ2n) is 7.08. The van der Waals surface area contributed by atoms with E-state index in [1.165, 1.54) is 6.42 Å². The van der Waals surface area contributed by atoms with E-state index in [4.69, 9.17) is 21.1 Å². The second kappa shape index (κ2) is 9.38. The monoisotopic (exact) mass is 390 g/mol. The molecule has 1 aromatic heterocycles. The van der Waals surface area contributed by atoms with Crippen molar-refractivity contribution < 1.29 is 14.3 Å². The minimum Gasteiger partial charge on any atom is -0.497 e. The molecule has 0 aliphatic heterocycles. The van der Waals surface area contributed by atoms with E-state index in [0.717, 1.165) is 47.9 Å². The number of fused-ring (bicyclic) bond motifs is 1. The van der Waals surface area contributed by atoms with Gasteiger partial charge in [0, 0.05) is 37.1 Å². The Labute approximate surface area is 165 Å². The molecular formula is C21H27ClN2O3. The van der Waals surface area contributed by atoms with Gasteiger partial charge in [-0.15, -0.1) is 0 Å². The van der Waals surface area contributed by atoms with Crippen molar-refractivity contribution in [1.29, 1.82) is 0 Å². The Morgan fingerprint density at radius 1 is 1.22 bits per heavy atom. The molecule has 0 atom stereocenters. The number of carbonyl (C=O) groups excluding carboxylic acids is 1. The van der Waals surface area contributed by atoms with Gasteiger partial charge >= 0.3 is 0 Å². The van der Waals surface area contributed by atoms with Crippen molar-refractivity contribution in [3.8, 4) is 5.75 Å². The van der Waals surface area contributed by atoms with Crippen LogP contribution >= 0.6 is 11.6 Å². The van der Waals surface area contributed by atoms with Gasteiger partial charge in [0.1, 0.15) is 10.9 Å². The fourth-order valence-corrected chi connectivity index (χ4v) is 3.90. The van der Waals surface area contributed by atoms with E-state index in [1.54, 1.807) is 14.2 Å². The van der Waals surface area contributed by atoms with Crippen molar-refractivity contribution in [3.63, 3.8) is 0 Å². The van der Waals surface area contributed by atoms with Crippen LogP contribution in [0.25, 0.3) is 10.9 Å². The van der Waals surface area contributed by atoms with Crippen LogP contribution in [-0.4, -0.2) is 43.2 Å². The third kappa shape index (κ3) is 4.90. The number of benzene rings is 1. The zero-order chi connectivity index (χ0) is 19.2. The lowest BCUT2D eigenvalue weighted by Crippen LogP contribution is -2.38. The fourth-order valence-electron chi connectivity index (χ4n) is 3.69. The second-order valence-corrected chi connectivity index (χ2v) is 7.44. The van der Waals surface area contributed by atoms with E-state index in [1.807, 2.05) is 29.2 Å². The molecule has 1 fully saturated rings. The van der Waals surface area contributed by atoms with Crippen LogP contribution in [-0.2, 0) is 16.1 Å². The number of hydrogen-bond donors (Lipinski definition) is 0. The van der Waals surface area contributed by atoms with E-state index < -0.39 is 0 Å². The lowest BCUT2D eigenvalue weighted by molar-refractivity contribution is -0.137. The molecule has 1 saturated carbocycles. The number of pyridine rings is 1. The normalized spacial score (nSPS) is 15.1. The first kappa shape index (κ1) is 19.9. The predicted octanol–water partition coefficient (Wildman–Crippen LogP) is 4.45. The molecule has 0 N–H and O–H groups in total. The quantitative estimate of drug-likeness (QED) is 0.655. The molecule has 0 unspecified atom stereocenters. The lowest BCUT2D eigenvalue weighted by Gasteiger charge is -2.29. The summed E-state index contributed by atoms with van der Waals surface area (Å²) in [6.07, 6.45) is 5.44. The van der Waals surface area contributed by atoms with Crippen LogP contribution in [0, 0.1) is 5.92 Å². The predicted molar refractivity (Wildman–Crippen MR) is 107 cm³/mol. The number of ether oxygens (including phenoxy) is 2. The van der Waals surface area contributed by atoms with E-state index in [2.05, 4.69) is 4.98 Å². The molecule has 0 radical (unpaired) electrons. The Hall–Kier alpha value is -1.85. The van der Waals surface area contributed by atoms with Crippen LogP contribution in [0.15, 0.2) is 24.3 Å². The van der Waals surface area contributed by atoms with E-state index >= 15 is 0 Å². The van der Waals surface area contributed by atoms with Gasteiger partial charge in [-0.05, 0) is 37.1 Å². The molecule has 146 valence electrons. The zero-order valence-electron chi connectivity index (χ0n) is 16.0. The SMILES string of the molecule is COCCN(Cc1cc2cc(OC)ccc2nc1Cl)C(=O)C1CCCCC1. The van der Waals surface area contributed by atoms with Crippen LogP contribution in [0.1, 0.15) is 37.7 Å². The van der Waals surface area contributed by atoms with Gasteiger partial charge in [0.05, 0.1) is 19.2 Å². The molecule has 0 saturated heterocycles. The Morgan fingerprint density at radius 3 is 2.70 bits per heavy atom. The summed E-state index contributed by atoms with van der Waals surface area (Å²) in [6, 6.07) is 7.69. The van der Waals surface area contributed by atoms with Crippen LogP contribution in [0.2, 0.25) is 5.15 Å². The largest absolute Gasteiger partial charge is 0.497 e. The molecule has 1 aliphatic carbocycles. The maximum Gasteiger partial charge on any atom is 0.226 e. The zero-order valence-corrected chi connectivity index (χ0v) is 16.8. The van der Waals surface area contributed by atoms with Gasteiger partial charge in [-0.25, -0.2) is 4.98 Å². The third-order valence-corrected chi connectivity index (χ3v) is 5.57. The summed E-state index contributed by atoms with van der Waals surface area (Å²) >= 11 is 6.43. The van der Waals surface area contributed by atoms with Crippen molar-refractivity contribution in [2.75, 3.05) is 27.4 Å². The summed E-state index contributed by atoms with van der Waals surface area (Å²) in [5, 5.41) is 1.39. The minimum atomic E-state index is 0.114. The standard InChI is InChI=1S/C21H27ClN2O3/c1-26-11-10-24(21(25)15-6-4-3-5-7-15)14-17-12-16-13-18(27-2)8-9-19(16)23-20(17)22/h8-9,12-13,15H,3-7,10-11,14H2,1-2H3. The first-order valence-corrected chi connectivity index (χ1v) is 9.91. The maximum atomic E-state index is 13.1. The highest BCUT2D eigenvalue weighted by Gasteiger charge is 2.26. The van der Waals surface area contributed by atoms with Crippen molar-refractivity contribution in [3.05, 3.63) is 35.0 Å². The molecule has 1 aliphatic rings. The van der Waals surface area contributed by atoms with Gasteiger partial charge in [-0.1, -0.05) is 30.9 Å². The molecular weight excluding hydrogens is 364 g/mol. The average molecular weight is 391 g/mol. The number of amides is 1. The van der Waals surface area contributed by atoms with Gasteiger partial charge in [0.2, 0.25) is 5.91 Å². The highest BCUT2D eigenvalue weighted by Crippen LogP contribution is 2.28. The molecule has 1 heterocycles. The summed E-state index contributed by atoms with van der Waals surface area (Å²) in [6.45, 7) is 1.50. The van der Waals surface area contributed by atoms with Crippen LogP contribution in [0.5, 0.6) is 5.75 Å². The number of methoxy groups -OCH3 is 2. The van der Waals surface area contributed by atoms with Crippen LogP contribution in [0.3, 0.4) is 0 Å². The van der Waals surface area contributed by atoms with Crippen molar-refractivity contribution >= 4 is 28.4 Å². The number of halogens is 1. The Bertz CT molecular complexity index is 790. The minimum absolute atomic E-state index is 0.114. The fraction of sp³-hybridized carbons (Fsp3) is 0.524. The Balaban J connectivity index is 1.85. The molecule has 0 spiro atoms. The Kier molecular flexibility index (Phi) is 6.91. The first-order valence-electron chi connectivity index (χ1n) is 9.53. The third-order valence-electron chi connectivity index (χ3n) is 5.24. The van der Waals surface area contributed by atoms with Crippen LogP contribution in [0.4, 0.5) is 0 Å². The molecule has 2 aromatic rings. The van der Waals surface area contributed by atoms with Crippen molar-refractivity contribution in [1.82, 2.24) is 9.88 Å². The first-order chi connectivity index (χ1) is 13.1. The molecule has 0 bridgehead atoms. The maximum absolute atomic E-state index is 13.1. The summed E-state index contributed by atoms with van der Waals surface area (Å²) in [7, 11) is 3.29. The lowest BCUT2D eigenvalue weighted by atomic mass is 9.88. The number of rotatable bonds is 7. The molecule has 1 amide bonds. The van der Waals surface area contributed by atoms with Gasteiger partial charge < -0.3 is 14.4 Å². The number of carbonyl (C=O) groups is 1. The number of aromatic nitrogens is 1. The van der Waals surface area contributed by atoms with E-state index in [0.29, 0.717) is 24.8 Å². The van der Waals surface area contributed by atoms with E-state index in [9.17, 15) is 4.79 Å². The summed E-state index contributed by atoms with van der Waals surface area (Å²) < 4.78 is 10.5. The molecule has 5 nitrogen and oxygen atoms in total. The van der Waals surface area contributed by atoms with Crippen molar-refractivity contribution in [2.45, 2.75) is 38.6 Å². The molecule has 6 heteroatoms. The summed E-state index contributed by atoms with van der Waals surface area (Å²) in [5.41, 5.74) is 1.66. The summed E-state index contributed by atoms with van der Waals surface area (Å²) in [5.74, 6) is 1.09. The smallest absolute Gasteiger partial charge is 0.226 e. The van der Waals surface area contributed by atoms with E-state index in [-0.39, 0.29) is 11.8 Å². The molecule has 3 rings (SSSR count). The van der Waals surface area contributed by atoms with Crippen LogP contribution < -0.4 is 4.74 Å². The van der Waals surface area contributed by atoms with Crippen molar-refractivity contribution in [2.24, 2.45) is 5.92 Å². The average Bonchev–Trinajstić information content (AvgIpc) is 2.71. The number of nitrogens with zero attached hydrogens (tertiary/aromatic N) is 2.